The van der Waals surface area contributed by atoms with E-state index in [4.69, 9.17) is 76.7 Å². The average molecular weight is 2070 g/mol. The number of phenolic OH excluding ortho intramolecular Hbond substituents is 2. The molecule has 17 N–H and O–H groups in total. The Morgan fingerprint density at radius 2 is 1.49 bits per heavy atom. The summed E-state index contributed by atoms with van der Waals surface area (Å²) in [5.74, 6) is -2.81. The Balaban J connectivity index is 0.000000120. The molecule has 0 saturated carbocycles. The number of nitrogens with zero attached hydrogens (tertiary/aromatic N) is 9. The second-order valence-electron chi connectivity index (χ2n) is 37.1. The summed E-state index contributed by atoms with van der Waals surface area (Å²) in [4.78, 5) is 115. The summed E-state index contributed by atoms with van der Waals surface area (Å²) in [6.07, 6.45) is 0.179. The normalized spacial score (nSPS) is 27.1. The van der Waals surface area contributed by atoms with E-state index < -0.39 is 171 Å². The first-order valence-electron chi connectivity index (χ1n) is 45.6. The van der Waals surface area contributed by atoms with Gasteiger partial charge in [0.2, 0.25) is 11.7 Å². The van der Waals surface area contributed by atoms with Gasteiger partial charge in [-0.25, -0.2) is 14.3 Å². The van der Waals surface area contributed by atoms with Crippen molar-refractivity contribution in [2.45, 2.75) is 201 Å². The molecule has 6 saturated heterocycles. The Bertz CT molecular complexity index is 6810. The number of aromatic nitrogens is 7. The Kier molecular flexibility index (Phi) is 26.4. The summed E-state index contributed by atoms with van der Waals surface area (Å²) in [6, 6.07) is 25.9. The highest BCUT2D eigenvalue weighted by molar-refractivity contribution is 9.10. The van der Waals surface area contributed by atoms with Gasteiger partial charge in [0.25, 0.3) is 5.91 Å². The predicted octanol–water partition coefficient (Wildman–Crippen LogP) is 9.21. The number of nitrogen functional groups attached to an aromatic ring is 1. The number of ether oxygens (including phenoxy) is 7. The molecule has 22 rings (SSSR count). The summed E-state index contributed by atoms with van der Waals surface area (Å²) in [7, 11) is -3.44. The molecular formula is C95H102Br2ClFN13O25P. The van der Waals surface area contributed by atoms with Crippen LogP contribution in [0.15, 0.2) is 106 Å². The van der Waals surface area contributed by atoms with Gasteiger partial charge in [-0.05, 0) is 158 Å². The number of anilines is 1. The zero-order valence-corrected chi connectivity index (χ0v) is 79.7. The molecule has 13 heterocycles. The molecule has 11 aromatic rings. The van der Waals surface area contributed by atoms with E-state index in [1.165, 1.54) is 42.0 Å². The van der Waals surface area contributed by atoms with Crippen molar-refractivity contribution in [1.29, 1.82) is 0 Å². The number of methoxy groups -OCH3 is 1. The van der Waals surface area contributed by atoms with Crippen LogP contribution in [0.5, 0.6) is 17.2 Å². The number of aromatic hydroxyl groups is 2. The number of likely N-dealkylation sites (tertiary alicyclic amines) is 2. The van der Waals surface area contributed by atoms with Crippen molar-refractivity contribution in [3.8, 4) is 17.2 Å². The van der Waals surface area contributed by atoms with Crippen molar-refractivity contribution < 1.29 is 126 Å². The average Bonchev–Trinajstić information content (AvgIpc) is 1.49. The zero-order valence-electron chi connectivity index (χ0n) is 74.9. The van der Waals surface area contributed by atoms with Crippen molar-refractivity contribution in [3.63, 3.8) is 0 Å². The smallest absolute Gasteiger partial charge is 0.469 e. The molecule has 0 radical (unpaired) electrons. The number of hydrogen-bond donors (Lipinski definition) is 14. The van der Waals surface area contributed by atoms with Crippen molar-refractivity contribution in [1.82, 2.24) is 48.8 Å². The van der Waals surface area contributed by atoms with E-state index in [2.05, 4.69) is 84.0 Å². The Morgan fingerprint density at radius 3 is 2.19 bits per heavy atom. The number of para-hydroxylation sites is 2. The van der Waals surface area contributed by atoms with Crippen molar-refractivity contribution in [2.75, 3.05) is 65.5 Å². The highest BCUT2D eigenvalue weighted by Gasteiger charge is 2.62. The van der Waals surface area contributed by atoms with E-state index in [-0.39, 0.29) is 81.6 Å². The number of carbonyl (C=O) groups is 6. The molecule has 8 aliphatic heterocycles. The summed E-state index contributed by atoms with van der Waals surface area (Å²) < 4.78 is 77.2. The SMILES string of the molecule is COc1cccc2c1C(=O)c1c(O)c3c(c(O)c1C2=O)C[C@@](O)(C(=O)CO)C[C@@H]3O[C@H]1C[C@H](N)[C@H](O[C@@H]2CCCCO2)[C@H](C)O1.C[C@]12O[C@H](C[C@]1(O)CO)n1c3ccccc3c3c4c(c5c6ccccc6n2c5c31)CNC4=O.NC(=O)N1CCC(CC(=O)N2CCC([C@H]3c4ncc(Br)cc4CCc4cc(Cl)cc(Br)c43)CC2)CC1.Nc1nc(F)nc2c1ncn2[C@@H]1O[C@H](COP(=O)(O)O)[C@@H](O)[C@@H]1O. The van der Waals surface area contributed by atoms with Crippen molar-refractivity contribution in [3.05, 3.63) is 184 Å². The lowest BCUT2D eigenvalue weighted by Gasteiger charge is -2.43. The second-order valence-corrected chi connectivity index (χ2v) is 40.5. The number of fused-ring (bicyclic) bond motifs is 19. The minimum atomic E-state index is -4.78. The van der Waals surface area contributed by atoms with Gasteiger partial charge in [0, 0.05) is 142 Å². The van der Waals surface area contributed by atoms with Crippen LogP contribution in [0.4, 0.5) is 15.0 Å². The Hall–Kier alpha value is -10.2. The number of phosphoric acid groups is 1. The number of Topliss-reactive ketones (excluding diaryl/α,β-unsaturated/α-hetero) is 1. The summed E-state index contributed by atoms with van der Waals surface area (Å²) >= 11 is 13.9. The third kappa shape index (κ3) is 17.0. The number of amides is 4. The van der Waals surface area contributed by atoms with E-state index in [0.717, 1.165) is 156 Å². The molecule has 38 nitrogen and oxygen atoms in total. The number of benzene rings is 6. The first kappa shape index (κ1) is 96.7. The number of halogens is 4. The van der Waals surface area contributed by atoms with Gasteiger partial charge in [0.1, 0.15) is 65.7 Å². The van der Waals surface area contributed by atoms with Crippen LogP contribution in [0, 0.1) is 17.9 Å². The number of urea groups is 1. The largest absolute Gasteiger partial charge is 0.507 e. The predicted molar refractivity (Wildman–Crippen MR) is 500 cm³/mol. The number of phenols is 2. The highest BCUT2D eigenvalue weighted by atomic mass is 79.9. The van der Waals surface area contributed by atoms with Crippen LogP contribution in [0.1, 0.15) is 190 Å². The van der Waals surface area contributed by atoms with E-state index in [9.17, 15) is 78.6 Å². The fourth-order valence-electron chi connectivity index (χ4n) is 22.3. The molecule has 6 aromatic carbocycles. The molecule has 5 aromatic heterocycles. The number of aliphatic hydroxyl groups excluding tert-OH is 4. The number of ketones is 3. The number of phosphoric ester groups is 1. The fourth-order valence-corrected chi connectivity index (χ4v) is 24.1. The monoisotopic (exact) mass is 2070 g/mol. The van der Waals surface area contributed by atoms with Crippen LogP contribution in [0.25, 0.3) is 54.8 Å². The number of rotatable bonds is 15. The number of imidazole rings is 1. The van der Waals surface area contributed by atoms with E-state index >= 15 is 0 Å². The summed E-state index contributed by atoms with van der Waals surface area (Å²) in [5.41, 5.74) is 21.7. The number of carbonyl (C=O) groups excluding carboxylic acids is 6. The quantitative estimate of drug-likeness (QED) is 0.0258. The molecule has 0 spiro atoms. The molecule has 3 aliphatic carbocycles. The minimum Gasteiger partial charge on any atom is -0.507 e. The number of aryl methyl sites for hydroxylation is 2. The van der Waals surface area contributed by atoms with Gasteiger partial charge < -0.3 is 125 Å². The number of primary amides is 1. The van der Waals surface area contributed by atoms with Crippen LogP contribution < -0.4 is 27.3 Å². The first-order valence-corrected chi connectivity index (χ1v) is 49.1. The topological polar surface area (TPSA) is 559 Å². The first-order chi connectivity index (χ1) is 65.9. The van der Waals surface area contributed by atoms with Crippen LogP contribution in [-0.4, -0.2) is 249 Å². The Morgan fingerprint density at radius 1 is 0.783 bits per heavy atom. The number of piperidine rings is 2. The number of aliphatic hydroxyl groups is 6. The maximum Gasteiger partial charge on any atom is 0.469 e. The molecule has 43 heteroatoms. The molecule has 2 bridgehead atoms. The van der Waals surface area contributed by atoms with E-state index in [1.807, 2.05) is 66.6 Å². The lowest BCUT2D eigenvalue weighted by molar-refractivity contribution is -0.281. The number of hydrogen-bond acceptors (Lipinski definition) is 29. The summed E-state index contributed by atoms with van der Waals surface area (Å²) in [6.45, 7) is 5.42. The molecule has 11 aliphatic rings. The zero-order chi connectivity index (χ0) is 97.5. The second kappa shape index (κ2) is 37.7. The van der Waals surface area contributed by atoms with Gasteiger partial charge in [0.15, 0.2) is 53.1 Å². The van der Waals surface area contributed by atoms with Crippen LogP contribution in [0.3, 0.4) is 0 Å². The molecule has 138 heavy (non-hydrogen) atoms. The molecule has 15 atom stereocenters. The van der Waals surface area contributed by atoms with Gasteiger partial charge in [-0.2, -0.15) is 14.4 Å². The van der Waals surface area contributed by atoms with E-state index in [0.29, 0.717) is 44.5 Å². The Labute approximate surface area is 808 Å². The van der Waals surface area contributed by atoms with Gasteiger partial charge in [0.05, 0.1) is 88.9 Å². The number of pyridine rings is 1. The molecule has 0 unspecified atom stereocenters. The van der Waals surface area contributed by atoms with Gasteiger partial charge >= 0.3 is 19.9 Å². The third-order valence-corrected chi connectivity index (χ3v) is 30.9. The summed E-state index contributed by atoms with van der Waals surface area (Å²) in [5, 5.41) is 94.1. The molecular weight excluding hydrogens is 1970 g/mol. The molecule has 730 valence electrons. The van der Waals surface area contributed by atoms with Gasteiger partial charge in [-0.1, -0.05) is 76.1 Å². The van der Waals surface area contributed by atoms with Crippen molar-refractivity contribution >= 4 is 147 Å². The molecule has 6 fully saturated rings. The number of nitrogens with one attached hydrogen (secondary N) is 1. The standard InChI is InChI=1S/C32H37NO12.C27H31Br2ClN4O2.C26H21N3O4.C10H13FN5O7P/c1-14-31(45-21-8-3-4-9-42-21)17(33)10-22(43-14)44-19-12-32(40,20(35)13-34)11-16-24(19)30(39)26-25(28(16)37)27(36)15-6-5-7-18(41-2)23(15)29(26)38;28-20-12-19-2-1-18-13-21(30)14-22(29)24(18)25(26(19)32-15-20)17-5-9-33(10-6-17)23(35)11-16-3-7-34(8-4-16)27(31)36;1-25-26(32,12-30)10-18(33-25)28-16-8-4-2-6-13(16)20-21-15(11-27-24(21)31)19-14-7-3-5-9-17(14)29(25)23(19)22(20)28;11-10-14-7(12)4-8(15-10)16(2-13-4)9-6(18)5(17)3(23-9)1-22-24(19,20)21/h5-7,14,17,19,21-22,31,34,37,39-40H,3-4,8-13,33H2,1-2H3;12-17,25H,1-11H2,(H2,31,36);2-9,18,30,32H,10-12H2,1H3,(H,27,31);2-3,5-6,9,17-18H,1H2,(H2,12,14,15)(H2,19,20,21)/t14-,17-,19-,21+,22-,31+,32-;25-;18-,25+,26+;3-,5-,6+,9-/m0111/s1. The molecule has 4 amide bonds. The van der Waals surface area contributed by atoms with Crippen LogP contribution in [0.2, 0.25) is 5.02 Å². The lowest BCUT2D eigenvalue weighted by Crippen LogP contribution is -2.55. The fraction of sp³-hybridized carbons (Fsp3) is 0.453. The maximum absolute atomic E-state index is 13.8. The highest BCUT2D eigenvalue weighted by Crippen LogP contribution is 2.59. The third-order valence-electron chi connectivity index (χ3n) is 29.1. The van der Waals surface area contributed by atoms with E-state index in [1.54, 1.807) is 11.8 Å². The van der Waals surface area contributed by atoms with Crippen LogP contribution in [-0.2, 0) is 78.6 Å². The maximum atomic E-state index is 13.8. The minimum absolute atomic E-state index is 0.0409. The van der Waals surface area contributed by atoms with Crippen LogP contribution >= 0.6 is 51.3 Å². The van der Waals surface area contributed by atoms with Crippen molar-refractivity contribution in [2.24, 2.45) is 23.3 Å². The van der Waals surface area contributed by atoms with Gasteiger partial charge in [-0.3, -0.25) is 38.0 Å². The lowest BCUT2D eigenvalue weighted by atomic mass is 9.72. The van der Waals surface area contributed by atoms with Gasteiger partial charge in [-0.15, -0.1) is 0 Å². The number of nitrogens with two attached hydrogens (primary N) is 3.